The maximum Gasteiger partial charge on any atom is 0.197 e. The van der Waals surface area contributed by atoms with E-state index in [1.54, 1.807) is 25.3 Å². The Morgan fingerprint density at radius 2 is 1.86 bits per heavy atom. The van der Waals surface area contributed by atoms with Crippen LogP contribution in [0.5, 0.6) is 5.75 Å². The molecule has 5 heteroatoms. The SMILES string of the molecule is Cc1cc(N/C=C/C(=O)C(C)Oc2ccc(-c3ccccc3)c(F)c2)ccc1Br. The lowest BCUT2D eigenvalue weighted by Crippen LogP contribution is -2.22. The third kappa shape index (κ3) is 5.55. The molecule has 0 radical (unpaired) electrons. The lowest BCUT2D eigenvalue weighted by atomic mass is 10.1. The van der Waals surface area contributed by atoms with Gasteiger partial charge in [-0.1, -0.05) is 46.3 Å². The summed E-state index contributed by atoms with van der Waals surface area (Å²) in [6, 6.07) is 19.7. The van der Waals surface area contributed by atoms with E-state index in [2.05, 4.69) is 21.2 Å². The fourth-order valence-corrected chi connectivity index (χ4v) is 3.02. The Kier molecular flexibility index (Phi) is 6.83. The first-order chi connectivity index (χ1) is 13.9. The standard InChI is InChI=1S/C24H21BrFNO2/c1-16-14-19(8-11-22(16)25)27-13-12-24(28)17(2)29-20-9-10-21(23(26)15-20)18-6-4-3-5-7-18/h3-15,17,27H,1-2H3/b13-12+. The topological polar surface area (TPSA) is 38.3 Å². The van der Waals surface area contributed by atoms with Gasteiger partial charge in [-0.3, -0.25) is 4.79 Å². The molecule has 0 spiro atoms. The van der Waals surface area contributed by atoms with Gasteiger partial charge in [-0.05, 0) is 55.3 Å². The average Bonchev–Trinajstić information content (AvgIpc) is 2.71. The fraction of sp³-hybridized carbons (Fsp3) is 0.125. The van der Waals surface area contributed by atoms with Crippen LogP contribution >= 0.6 is 15.9 Å². The first kappa shape index (κ1) is 20.8. The number of anilines is 1. The van der Waals surface area contributed by atoms with Crippen LogP contribution in [0, 0.1) is 12.7 Å². The van der Waals surface area contributed by atoms with Crippen molar-refractivity contribution in [2.24, 2.45) is 0 Å². The number of rotatable bonds is 7. The first-order valence-electron chi connectivity index (χ1n) is 9.19. The Bertz CT molecular complexity index is 1030. The van der Waals surface area contributed by atoms with Crippen LogP contribution in [0.15, 0.2) is 83.5 Å². The molecule has 0 bridgehead atoms. The maximum atomic E-state index is 14.4. The molecule has 1 N–H and O–H groups in total. The van der Waals surface area contributed by atoms with Crippen molar-refractivity contribution in [2.75, 3.05) is 5.32 Å². The Balaban J connectivity index is 1.60. The highest BCUT2D eigenvalue weighted by molar-refractivity contribution is 9.10. The predicted molar refractivity (Wildman–Crippen MR) is 119 cm³/mol. The molecule has 0 saturated heterocycles. The fourth-order valence-electron chi connectivity index (χ4n) is 2.77. The molecule has 3 rings (SSSR count). The molecular weight excluding hydrogens is 433 g/mol. The minimum atomic E-state index is -0.735. The molecular formula is C24H21BrFNO2. The molecule has 0 aromatic heterocycles. The summed E-state index contributed by atoms with van der Waals surface area (Å²) in [7, 11) is 0. The zero-order chi connectivity index (χ0) is 20.8. The van der Waals surface area contributed by atoms with E-state index in [1.165, 1.54) is 12.1 Å². The third-order valence-electron chi connectivity index (χ3n) is 4.39. The molecule has 1 atom stereocenters. The molecule has 0 aliphatic rings. The van der Waals surface area contributed by atoms with Gasteiger partial charge < -0.3 is 10.1 Å². The molecule has 3 nitrogen and oxygen atoms in total. The van der Waals surface area contributed by atoms with Gasteiger partial charge in [-0.2, -0.15) is 0 Å². The summed E-state index contributed by atoms with van der Waals surface area (Å²) in [6.45, 7) is 3.63. The van der Waals surface area contributed by atoms with Crippen LogP contribution in [-0.4, -0.2) is 11.9 Å². The molecule has 0 fully saturated rings. The van der Waals surface area contributed by atoms with Crippen LogP contribution in [0.2, 0.25) is 0 Å². The first-order valence-corrected chi connectivity index (χ1v) is 9.98. The second-order valence-electron chi connectivity index (χ2n) is 6.61. The van der Waals surface area contributed by atoms with Crippen LogP contribution in [0.25, 0.3) is 11.1 Å². The van der Waals surface area contributed by atoms with Gasteiger partial charge in [-0.25, -0.2) is 4.39 Å². The number of benzene rings is 3. The van der Waals surface area contributed by atoms with E-state index in [0.717, 1.165) is 21.3 Å². The van der Waals surface area contributed by atoms with E-state index in [0.29, 0.717) is 11.3 Å². The van der Waals surface area contributed by atoms with Crippen molar-refractivity contribution in [2.45, 2.75) is 20.0 Å². The number of ketones is 1. The van der Waals surface area contributed by atoms with Crippen LogP contribution in [-0.2, 0) is 4.79 Å². The summed E-state index contributed by atoms with van der Waals surface area (Å²) in [5, 5.41) is 3.06. The molecule has 3 aromatic carbocycles. The highest BCUT2D eigenvalue weighted by Crippen LogP contribution is 2.26. The number of hydrogen-bond acceptors (Lipinski definition) is 3. The Labute approximate surface area is 178 Å². The van der Waals surface area contributed by atoms with Gasteiger partial charge >= 0.3 is 0 Å². The van der Waals surface area contributed by atoms with E-state index in [1.807, 2.05) is 55.5 Å². The smallest absolute Gasteiger partial charge is 0.197 e. The van der Waals surface area contributed by atoms with Crippen LogP contribution in [0.4, 0.5) is 10.1 Å². The third-order valence-corrected chi connectivity index (χ3v) is 5.28. The second kappa shape index (κ2) is 9.52. The number of hydrogen-bond donors (Lipinski definition) is 1. The molecule has 0 saturated carbocycles. The highest BCUT2D eigenvalue weighted by atomic mass is 79.9. The largest absolute Gasteiger partial charge is 0.482 e. The Morgan fingerprint density at radius 3 is 2.55 bits per heavy atom. The summed E-state index contributed by atoms with van der Waals surface area (Å²) in [4.78, 5) is 12.3. The minimum Gasteiger partial charge on any atom is -0.482 e. The second-order valence-corrected chi connectivity index (χ2v) is 7.47. The maximum absolute atomic E-state index is 14.4. The van der Waals surface area contributed by atoms with Gasteiger partial charge in [0.15, 0.2) is 11.9 Å². The zero-order valence-corrected chi connectivity index (χ0v) is 17.7. The van der Waals surface area contributed by atoms with Crippen molar-refractivity contribution in [3.05, 3.63) is 94.9 Å². The van der Waals surface area contributed by atoms with E-state index >= 15 is 0 Å². The summed E-state index contributed by atoms with van der Waals surface area (Å²) in [5.41, 5.74) is 3.25. The van der Waals surface area contributed by atoms with Gasteiger partial charge in [0.25, 0.3) is 0 Å². The number of halogens is 2. The summed E-state index contributed by atoms with van der Waals surface area (Å²) >= 11 is 3.45. The van der Waals surface area contributed by atoms with Gasteiger partial charge in [0, 0.05) is 34.1 Å². The average molecular weight is 454 g/mol. The lowest BCUT2D eigenvalue weighted by molar-refractivity contribution is -0.120. The van der Waals surface area contributed by atoms with Gasteiger partial charge in [0.2, 0.25) is 0 Å². The van der Waals surface area contributed by atoms with Gasteiger partial charge in [-0.15, -0.1) is 0 Å². The zero-order valence-electron chi connectivity index (χ0n) is 16.2. The van der Waals surface area contributed by atoms with Gasteiger partial charge in [0.05, 0.1) is 0 Å². The number of carbonyl (C=O) groups excluding carboxylic acids is 1. The van der Waals surface area contributed by atoms with Gasteiger partial charge in [0.1, 0.15) is 11.6 Å². The lowest BCUT2D eigenvalue weighted by Gasteiger charge is -2.13. The molecule has 148 valence electrons. The van der Waals surface area contributed by atoms with Crippen molar-refractivity contribution >= 4 is 27.4 Å². The van der Waals surface area contributed by atoms with Crippen LogP contribution in [0.1, 0.15) is 12.5 Å². The molecule has 29 heavy (non-hydrogen) atoms. The number of nitrogens with one attached hydrogen (secondary N) is 1. The van der Waals surface area contributed by atoms with E-state index in [-0.39, 0.29) is 5.78 Å². The number of aryl methyl sites for hydroxylation is 1. The summed E-state index contributed by atoms with van der Waals surface area (Å²) in [6.07, 6.45) is 2.25. The van der Waals surface area contributed by atoms with Crippen LogP contribution < -0.4 is 10.1 Å². The minimum absolute atomic E-state index is 0.223. The summed E-state index contributed by atoms with van der Waals surface area (Å²) in [5.74, 6) is -0.303. The molecule has 0 aliphatic heterocycles. The molecule has 3 aromatic rings. The molecule has 0 aliphatic carbocycles. The number of carbonyl (C=O) groups is 1. The van der Waals surface area contributed by atoms with Crippen molar-refractivity contribution in [3.63, 3.8) is 0 Å². The highest BCUT2D eigenvalue weighted by Gasteiger charge is 2.13. The van der Waals surface area contributed by atoms with Crippen molar-refractivity contribution in [1.82, 2.24) is 0 Å². The normalized spacial score (nSPS) is 12.0. The Morgan fingerprint density at radius 1 is 1.10 bits per heavy atom. The summed E-state index contributed by atoms with van der Waals surface area (Å²) < 4.78 is 21.1. The van der Waals surface area contributed by atoms with Crippen molar-refractivity contribution in [3.8, 4) is 16.9 Å². The van der Waals surface area contributed by atoms with Crippen molar-refractivity contribution in [1.29, 1.82) is 0 Å². The van der Waals surface area contributed by atoms with E-state index < -0.39 is 11.9 Å². The van der Waals surface area contributed by atoms with Crippen molar-refractivity contribution < 1.29 is 13.9 Å². The van der Waals surface area contributed by atoms with Crippen LogP contribution in [0.3, 0.4) is 0 Å². The molecule has 0 heterocycles. The molecule has 1 unspecified atom stereocenters. The predicted octanol–water partition coefficient (Wildman–Crippen LogP) is 6.53. The monoisotopic (exact) mass is 453 g/mol. The van der Waals surface area contributed by atoms with E-state index in [4.69, 9.17) is 4.74 Å². The quantitative estimate of drug-likeness (QED) is 0.413. The number of ether oxygens (including phenoxy) is 1. The Hall–Kier alpha value is -2.92. The molecule has 0 amide bonds. The van der Waals surface area contributed by atoms with E-state index in [9.17, 15) is 9.18 Å².